The van der Waals surface area contributed by atoms with Gasteiger partial charge < -0.3 is 10.0 Å². The SMILES string of the molecule is Cc1cccc(CC(=O)N2C[C@H](O)C[C@H]2c2cccc(F)c2)c1. The molecule has 1 N–H and O–H groups in total. The second-order valence-electron chi connectivity index (χ2n) is 6.17. The number of hydrogen-bond acceptors (Lipinski definition) is 2. The van der Waals surface area contributed by atoms with Gasteiger partial charge in [-0.25, -0.2) is 4.39 Å². The number of nitrogens with zero attached hydrogens (tertiary/aromatic N) is 1. The highest BCUT2D eigenvalue weighted by molar-refractivity contribution is 5.79. The quantitative estimate of drug-likeness (QED) is 0.946. The fourth-order valence-electron chi connectivity index (χ4n) is 3.22. The highest BCUT2D eigenvalue weighted by Gasteiger charge is 2.35. The molecule has 0 saturated carbocycles. The minimum atomic E-state index is -0.565. The maximum Gasteiger partial charge on any atom is 0.227 e. The monoisotopic (exact) mass is 313 g/mol. The summed E-state index contributed by atoms with van der Waals surface area (Å²) in [7, 11) is 0. The summed E-state index contributed by atoms with van der Waals surface area (Å²) < 4.78 is 13.5. The lowest BCUT2D eigenvalue weighted by molar-refractivity contribution is -0.131. The number of aliphatic hydroxyl groups is 1. The van der Waals surface area contributed by atoms with Crippen molar-refractivity contribution in [3.8, 4) is 0 Å². The summed E-state index contributed by atoms with van der Waals surface area (Å²) in [6.45, 7) is 2.29. The number of aliphatic hydroxyl groups excluding tert-OH is 1. The second kappa shape index (κ2) is 6.50. The summed E-state index contributed by atoms with van der Waals surface area (Å²) in [5, 5.41) is 9.97. The summed E-state index contributed by atoms with van der Waals surface area (Å²) >= 11 is 0. The Balaban J connectivity index is 1.80. The van der Waals surface area contributed by atoms with Crippen molar-refractivity contribution in [3.63, 3.8) is 0 Å². The zero-order chi connectivity index (χ0) is 16.4. The molecule has 1 aliphatic heterocycles. The molecule has 3 nitrogen and oxygen atoms in total. The first kappa shape index (κ1) is 15.7. The van der Waals surface area contributed by atoms with E-state index in [1.54, 1.807) is 17.0 Å². The van der Waals surface area contributed by atoms with Gasteiger partial charge in [0.15, 0.2) is 0 Å². The van der Waals surface area contributed by atoms with Crippen LogP contribution in [0.3, 0.4) is 0 Å². The van der Waals surface area contributed by atoms with Crippen molar-refractivity contribution < 1.29 is 14.3 Å². The number of halogens is 1. The van der Waals surface area contributed by atoms with E-state index in [-0.39, 0.29) is 17.8 Å². The molecule has 1 fully saturated rings. The second-order valence-corrected chi connectivity index (χ2v) is 6.17. The normalized spacial score (nSPS) is 20.7. The lowest BCUT2D eigenvalue weighted by atomic mass is 10.0. The Morgan fingerprint density at radius 1 is 1.26 bits per heavy atom. The van der Waals surface area contributed by atoms with E-state index in [4.69, 9.17) is 0 Å². The largest absolute Gasteiger partial charge is 0.391 e. The van der Waals surface area contributed by atoms with E-state index in [1.165, 1.54) is 12.1 Å². The smallest absolute Gasteiger partial charge is 0.227 e. The lowest BCUT2D eigenvalue weighted by Gasteiger charge is -2.25. The molecule has 0 unspecified atom stereocenters. The Labute approximate surface area is 135 Å². The predicted molar refractivity (Wildman–Crippen MR) is 86.4 cm³/mol. The molecule has 4 heteroatoms. The molecule has 1 aliphatic rings. The molecule has 23 heavy (non-hydrogen) atoms. The average molecular weight is 313 g/mol. The average Bonchev–Trinajstić information content (AvgIpc) is 2.89. The van der Waals surface area contributed by atoms with Gasteiger partial charge in [0.1, 0.15) is 5.82 Å². The van der Waals surface area contributed by atoms with Gasteiger partial charge in [-0.2, -0.15) is 0 Å². The zero-order valence-corrected chi connectivity index (χ0v) is 13.1. The van der Waals surface area contributed by atoms with Crippen LogP contribution in [0.5, 0.6) is 0 Å². The van der Waals surface area contributed by atoms with Crippen LogP contribution >= 0.6 is 0 Å². The summed E-state index contributed by atoms with van der Waals surface area (Å²) in [4.78, 5) is 14.3. The molecule has 2 aromatic carbocycles. The van der Waals surface area contributed by atoms with E-state index in [9.17, 15) is 14.3 Å². The molecule has 1 heterocycles. The van der Waals surface area contributed by atoms with E-state index in [1.807, 2.05) is 31.2 Å². The first-order valence-corrected chi connectivity index (χ1v) is 7.81. The third-order valence-electron chi connectivity index (χ3n) is 4.27. The third kappa shape index (κ3) is 3.59. The number of hydrogen-bond donors (Lipinski definition) is 1. The summed E-state index contributed by atoms with van der Waals surface area (Å²) in [6.07, 6.45) is 0.174. The maximum absolute atomic E-state index is 13.5. The number of benzene rings is 2. The molecule has 2 aromatic rings. The van der Waals surface area contributed by atoms with Gasteiger partial charge >= 0.3 is 0 Å². The fraction of sp³-hybridized carbons (Fsp3) is 0.316. The van der Waals surface area contributed by atoms with Crippen LogP contribution in [0.4, 0.5) is 4.39 Å². The molecule has 1 amide bonds. The first-order chi connectivity index (χ1) is 11.0. The number of carbonyl (C=O) groups is 1. The van der Waals surface area contributed by atoms with E-state index in [0.29, 0.717) is 19.4 Å². The van der Waals surface area contributed by atoms with E-state index >= 15 is 0 Å². The predicted octanol–water partition coefficient (Wildman–Crippen LogP) is 3.01. The highest BCUT2D eigenvalue weighted by atomic mass is 19.1. The van der Waals surface area contributed by atoms with Gasteiger partial charge in [0.05, 0.1) is 18.6 Å². The lowest BCUT2D eigenvalue weighted by Crippen LogP contribution is -2.33. The van der Waals surface area contributed by atoms with Gasteiger partial charge in [0.2, 0.25) is 5.91 Å². The number of carbonyl (C=O) groups excluding carboxylic acids is 1. The Morgan fingerprint density at radius 3 is 2.78 bits per heavy atom. The first-order valence-electron chi connectivity index (χ1n) is 7.81. The molecule has 0 aromatic heterocycles. The third-order valence-corrected chi connectivity index (χ3v) is 4.27. The molecular formula is C19H20FNO2. The molecule has 2 atom stereocenters. The number of likely N-dealkylation sites (tertiary alicyclic amines) is 1. The molecule has 0 spiro atoms. The van der Waals surface area contributed by atoms with Gasteiger partial charge in [-0.05, 0) is 36.6 Å². The van der Waals surface area contributed by atoms with Crippen LogP contribution in [-0.2, 0) is 11.2 Å². The van der Waals surface area contributed by atoms with Crippen molar-refractivity contribution in [2.45, 2.75) is 31.9 Å². The van der Waals surface area contributed by atoms with Gasteiger partial charge in [-0.1, -0.05) is 42.0 Å². The van der Waals surface area contributed by atoms with Crippen LogP contribution in [0, 0.1) is 12.7 Å². The number of amides is 1. The number of rotatable bonds is 3. The Hall–Kier alpha value is -2.20. The zero-order valence-electron chi connectivity index (χ0n) is 13.1. The number of aryl methyl sites for hydroxylation is 1. The van der Waals surface area contributed by atoms with Crippen LogP contribution in [-0.4, -0.2) is 28.6 Å². The molecular weight excluding hydrogens is 293 g/mol. The van der Waals surface area contributed by atoms with E-state index in [0.717, 1.165) is 16.7 Å². The number of β-amino-alcohol motifs (C(OH)–C–C–N with tert-alkyl or cyclic N) is 1. The van der Waals surface area contributed by atoms with Crippen molar-refractivity contribution in [3.05, 3.63) is 71.0 Å². The molecule has 1 saturated heterocycles. The van der Waals surface area contributed by atoms with Crippen LogP contribution in [0.15, 0.2) is 48.5 Å². The summed E-state index contributed by atoms with van der Waals surface area (Å²) in [6, 6.07) is 13.8. The summed E-state index contributed by atoms with van der Waals surface area (Å²) in [5.74, 6) is -0.364. The Morgan fingerprint density at radius 2 is 2.04 bits per heavy atom. The minimum absolute atomic E-state index is 0.0404. The molecule has 0 bridgehead atoms. The minimum Gasteiger partial charge on any atom is -0.391 e. The van der Waals surface area contributed by atoms with Crippen molar-refractivity contribution in [2.75, 3.05) is 6.54 Å². The van der Waals surface area contributed by atoms with Crippen molar-refractivity contribution in [1.82, 2.24) is 4.90 Å². The van der Waals surface area contributed by atoms with Gasteiger partial charge in [-0.3, -0.25) is 4.79 Å². The van der Waals surface area contributed by atoms with Crippen LogP contribution in [0.25, 0.3) is 0 Å². The molecule has 0 radical (unpaired) electrons. The topological polar surface area (TPSA) is 40.5 Å². The van der Waals surface area contributed by atoms with Gasteiger partial charge in [0, 0.05) is 6.54 Å². The van der Waals surface area contributed by atoms with Gasteiger partial charge in [-0.15, -0.1) is 0 Å². The summed E-state index contributed by atoms with van der Waals surface area (Å²) in [5.41, 5.74) is 2.80. The molecule has 120 valence electrons. The van der Waals surface area contributed by atoms with Crippen molar-refractivity contribution in [1.29, 1.82) is 0 Å². The van der Waals surface area contributed by atoms with Crippen molar-refractivity contribution in [2.24, 2.45) is 0 Å². The van der Waals surface area contributed by atoms with E-state index in [2.05, 4.69) is 0 Å². The van der Waals surface area contributed by atoms with Crippen molar-refractivity contribution >= 4 is 5.91 Å². The van der Waals surface area contributed by atoms with Gasteiger partial charge in [0.25, 0.3) is 0 Å². The molecule has 0 aliphatic carbocycles. The van der Waals surface area contributed by atoms with E-state index < -0.39 is 6.10 Å². The van der Waals surface area contributed by atoms with Crippen LogP contribution < -0.4 is 0 Å². The van der Waals surface area contributed by atoms with Crippen LogP contribution in [0.1, 0.15) is 29.2 Å². The maximum atomic E-state index is 13.5. The molecule has 3 rings (SSSR count). The Kier molecular flexibility index (Phi) is 4.44. The fourth-order valence-corrected chi connectivity index (χ4v) is 3.22. The highest BCUT2D eigenvalue weighted by Crippen LogP contribution is 2.33. The standard InChI is InChI=1S/C19H20FNO2/c1-13-4-2-5-14(8-13)9-19(23)21-12-17(22)11-18(21)15-6-3-7-16(20)10-15/h2-8,10,17-18,22H,9,11-12H2,1H3/t17-,18+/m1/s1. The van der Waals surface area contributed by atoms with Crippen LogP contribution in [0.2, 0.25) is 0 Å². The Bertz CT molecular complexity index is 716.